The number of benzene rings is 2. The molecule has 0 saturated heterocycles. The van der Waals surface area contributed by atoms with Crippen LogP contribution in [0.15, 0.2) is 48.5 Å². The van der Waals surface area contributed by atoms with Gasteiger partial charge in [-0.2, -0.15) is 5.26 Å². The summed E-state index contributed by atoms with van der Waals surface area (Å²) in [5.41, 5.74) is 3.65. The molecule has 0 aliphatic heterocycles. The van der Waals surface area contributed by atoms with E-state index < -0.39 is 0 Å². The van der Waals surface area contributed by atoms with Crippen molar-refractivity contribution in [3.05, 3.63) is 65.2 Å². The van der Waals surface area contributed by atoms with Gasteiger partial charge in [-0.1, -0.05) is 42.5 Å². The zero-order valence-corrected chi connectivity index (χ0v) is 12.5. The van der Waals surface area contributed by atoms with Gasteiger partial charge in [-0.3, -0.25) is 0 Å². The molecule has 0 aromatic heterocycles. The normalized spacial score (nSPS) is 11.7. The number of aryl methyl sites for hydroxylation is 1. The van der Waals surface area contributed by atoms with Crippen molar-refractivity contribution in [2.24, 2.45) is 0 Å². The fourth-order valence-corrected chi connectivity index (χ4v) is 2.35. The Morgan fingerprint density at radius 2 is 1.86 bits per heavy atom. The van der Waals surface area contributed by atoms with Crippen molar-refractivity contribution in [3.8, 4) is 11.8 Å². The molecule has 21 heavy (non-hydrogen) atoms. The number of ether oxygens (including phenoxy) is 1. The molecule has 0 unspecified atom stereocenters. The zero-order chi connectivity index (χ0) is 15.1. The summed E-state index contributed by atoms with van der Waals surface area (Å²) in [6, 6.07) is 18.4. The average Bonchev–Trinajstić information content (AvgIpc) is 2.52. The molecule has 3 heteroatoms. The zero-order valence-electron chi connectivity index (χ0n) is 12.5. The molecule has 0 radical (unpaired) electrons. The third-order valence-electron chi connectivity index (χ3n) is 3.52. The molecule has 0 saturated carbocycles. The number of nitriles is 1. The Morgan fingerprint density at radius 1 is 1.14 bits per heavy atom. The van der Waals surface area contributed by atoms with Crippen molar-refractivity contribution in [1.29, 1.82) is 5.26 Å². The summed E-state index contributed by atoms with van der Waals surface area (Å²) in [6.07, 6.45) is 0. The van der Waals surface area contributed by atoms with E-state index in [-0.39, 0.29) is 12.6 Å². The topological polar surface area (TPSA) is 45.0 Å². The maximum atomic E-state index is 8.63. The number of rotatable bonds is 6. The number of para-hydroxylation sites is 1. The molecule has 2 aromatic carbocycles. The lowest BCUT2D eigenvalue weighted by Gasteiger charge is -2.17. The fourth-order valence-electron chi connectivity index (χ4n) is 2.35. The van der Waals surface area contributed by atoms with Gasteiger partial charge in [0.05, 0.1) is 0 Å². The molecule has 0 aliphatic carbocycles. The Labute approximate surface area is 126 Å². The molecule has 0 fully saturated rings. The van der Waals surface area contributed by atoms with Gasteiger partial charge >= 0.3 is 0 Å². The summed E-state index contributed by atoms with van der Waals surface area (Å²) >= 11 is 0. The van der Waals surface area contributed by atoms with Gasteiger partial charge in [0.1, 0.15) is 11.8 Å². The summed E-state index contributed by atoms with van der Waals surface area (Å²) in [5.74, 6) is 0.767. The van der Waals surface area contributed by atoms with Gasteiger partial charge in [0.25, 0.3) is 0 Å². The summed E-state index contributed by atoms with van der Waals surface area (Å²) in [7, 11) is 0. The van der Waals surface area contributed by atoms with Gasteiger partial charge in [0.2, 0.25) is 0 Å². The Balaban J connectivity index is 2.03. The number of nitrogens with zero attached hydrogens (tertiary/aromatic N) is 1. The highest BCUT2D eigenvalue weighted by Gasteiger charge is 2.09. The first-order valence-electron chi connectivity index (χ1n) is 7.09. The Kier molecular flexibility index (Phi) is 5.36. The SMILES string of the molecule is Cc1ccccc1[C@@H](C)NCc1ccccc1OCC#N. The van der Waals surface area contributed by atoms with E-state index in [2.05, 4.69) is 43.4 Å². The largest absolute Gasteiger partial charge is 0.478 e. The molecule has 0 amide bonds. The van der Waals surface area contributed by atoms with Crippen molar-refractivity contribution < 1.29 is 4.74 Å². The maximum Gasteiger partial charge on any atom is 0.174 e. The van der Waals surface area contributed by atoms with Crippen LogP contribution >= 0.6 is 0 Å². The summed E-state index contributed by atoms with van der Waals surface area (Å²) in [5, 5.41) is 12.1. The quantitative estimate of drug-likeness (QED) is 0.876. The highest BCUT2D eigenvalue weighted by atomic mass is 16.5. The minimum absolute atomic E-state index is 0.0738. The number of hydrogen-bond donors (Lipinski definition) is 1. The predicted octanol–water partition coefficient (Wildman–Crippen LogP) is 3.75. The second-order valence-corrected chi connectivity index (χ2v) is 5.01. The molecule has 0 bridgehead atoms. The monoisotopic (exact) mass is 280 g/mol. The van der Waals surface area contributed by atoms with E-state index in [1.54, 1.807) is 0 Å². The Hall–Kier alpha value is -2.31. The molecular weight excluding hydrogens is 260 g/mol. The Morgan fingerprint density at radius 3 is 2.62 bits per heavy atom. The Bertz CT molecular complexity index is 631. The van der Waals surface area contributed by atoms with Crippen LogP contribution in [0.5, 0.6) is 5.75 Å². The van der Waals surface area contributed by atoms with Crippen molar-refractivity contribution in [1.82, 2.24) is 5.32 Å². The van der Waals surface area contributed by atoms with Crippen molar-refractivity contribution in [2.45, 2.75) is 26.4 Å². The third kappa shape index (κ3) is 4.08. The average molecular weight is 280 g/mol. The lowest BCUT2D eigenvalue weighted by molar-refractivity contribution is 0.361. The van der Waals surface area contributed by atoms with E-state index in [1.165, 1.54) is 11.1 Å². The van der Waals surface area contributed by atoms with E-state index in [0.29, 0.717) is 6.54 Å². The molecule has 1 N–H and O–H groups in total. The van der Waals surface area contributed by atoms with Crippen LogP contribution in [0, 0.1) is 18.3 Å². The van der Waals surface area contributed by atoms with Crippen molar-refractivity contribution in [2.75, 3.05) is 6.61 Å². The molecule has 0 heterocycles. The predicted molar refractivity (Wildman–Crippen MR) is 84.0 cm³/mol. The molecular formula is C18H20N2O. The summed E-state index contributed by atoms with van der Waals surface area (Å²) in [4.78, 5) is 0. The molecule has 3 nitrogen and oxygen atoms in total. The highest BCUT2D eigenvalue weighted by molar-refractivity contribution is 5.34. The minimum Gasteiger partial charge on any atom is -0.478 e. The second kappa shape index (κ2) is 7.47. The van der Waals surface area contributed by atoms with Gasteiger partial charge in [-0.15, -0.1) is 0 Å². The first-order chi connectivity index (χ1) is 10.2. The second-order valence-electron chi connectivity index (χ2n) is 5.01. The minimum atomic E-state index is 0.0738. The van der Waals surface area contributed by atoms with E-state index in [4.69, 9.17) is 10.00 Å². The molecule has 2 rings (SSSR count). The van der Waals surface area contributed by atoms with Crippen LogP contribution in [-0.2, 0) is 6.54 Å². The van der Waals surface area contributed by atoms with Crippen LogP contribution < -0.4 is 10.1 Å². The van der Waals surface area contributed by atoms with Gasteiger partial charge in [-0.05, 0) is 31.0 Å². The van der Waals surface area contributed by atoms with Crippen LogP contribution in [0.1, 0.15) is 29.7 Å². The van der Waals surface area contributed by atoms with Crippen LogP contribution in [0.3, 0.4) is 0 Å². The van der Waals surface area contributed by atoms with Crippen LogP contribution in [0.2, 0.25) is 0 Å². The smallest absolute Gasteiger partial charge is 0.174 e. The van der Waals surface area contributed by atoms with Crippen LogP contribution in [0.4, 0.5) is 0 Å². The van der Waals surface area contributed by atoms with Gasteiger partial charge in [0, 0.05) is 18.2 Å². The standard InChI is InChI=1S/C18H20N2O/c1-14-7-3-5-9-17(14)15(2)20-13-16-8-4-6-10-18(16)21-12-11-19/h3-10,15,20H,12-13H2,1-2H3/t15-/m1/s1. The molecule has 0 aliphatic rings. The first kappa shape index (κ1) is 15.1. The molecule has 0 spiro atoms. The lowest BCUT2D eigenvalue weighted by Crippen LogP contribution is -2.19. The number of nitrogens with one attached hydrogen (secondary N) is 1. The van der Waals surface area contributed by atoms with Gasteiger partial charge in [0.15, 0.2) is 6.61 Å². The van der Waals surface area contributed by atoms with E-state index in [1.807, 2.05) is 30.3 Å². The van der Waals surface area contributed by atoms with E-state index in [9.17, 15) is 0 Å². The maximum absolute atomic E-state index is 8.63. The third-order valence-corrected chi connectivity index (χ3v) is 3.52. The van der Waals surface area contributed by atoms with Gasteiger partial charge < -0.3 is 10.1 Å². The van der Waals surface area contributed by atoms with Crippen LogP contribution in [0.25, 0.3) is 0 Å². The van der Waals surface area contributed by atoms with Crippen LogP contribution in [-0.4, -0.2) is 6.61 Å². The summed E-state index contributed by atoms with van der Waals surface area (Å²) in [6.45, 7) is 5.06. The van der Waals surface area contributed by atoms with Gasteiger partial charge in [-0.25, -0.2) is 0 Å². The lowest BCUT2D eigenvalue weighted by atomic mass is 10.0. The highest BCUT2D eigenvalue weighted by Crippen LogP contribution is 2.21. The van der Waals surface area contributed by atoms with E-state index >= 15 is 0 Å². The van der Waals surface area contributed by atoms with Crippen molar-refractivity contribution in [3.63, 3.8) is 0 Å². The van der Waals surface area contributed by atoms with E-state index in [0.717, 1.165) is 11.3 Å². The van der Waals surface area contributed by atoms with Crippen molar-refractivity contribution >= 4 is 0 Å². The molecule has 108 valence electrons. The molecule has 1 atom stereocenters. The molecule has 2 aromatic rings. The fraction of sp³-hybridized carbons (Fsp3) is 0.278. The first-order valence-corrected chi connectivity index (χ1v) is 7.09. The summed E-state index contributed by atoms with van der Waals surface area (Å²) < 4.78 is 5.45. The number of hydrogen-bond acceptors (Lipinski definition) is 3.